The maximum Gasteiger partial charge on any atom is 0.161 e. The predicted octanol–water partition coefficient (Wildman–Crippen LogP) is 2.17. The molecule has 76 valence electrons. The molecule has 3 heteroatoms. The van der Waals surface area contributed by atoms with Gasteiger partial charge in [-0.1, -0.05) is 6.07 Å². The van der Waals surface area contributed by atoms with Crippen molar-refractivity contribution in [3.05, 3.63) is 23.8 Å². The highest BCUT2D eigenvalue weighted by atomic mass is 16.6. The summed E-state index contributed by atoms with van der Waals surface area (Å²) in [5.41, 5.74) is 1.16. The number of ether oxygens (including phenoxy) is 3. The maximum atomic E-state index is 5.42. The predicted molar refractivity (Wildman–Crippen MR) is 52.9 cm³/mol. The summed E-state index contributed by atoms with van der Waals surface area (Å²) in [5.74, 6) is 1.57. The van der Waals surface area contributed by atoms with Crippen molar-refractivity contribution in [3.63, 3.8) is 0 Å². The fourth-order valence-electron chi connectivity index (χ4n) is 1.40. The van der Waals surface area contributed by atoms with Crippen LogP contribution in [0.1, 0.15) is 18.6 Å². The first-order chi connectivity index (χ1) is 6.85. The van der Waals surface area contributed by atoms with Gasteiger partial charge in [0, 0.05) is 0 Å². The van der Waals surface area contributed by atoms with Crippen LogP contribution in [0.15, 0.2) is 18.2 Å². The zero-order valence-electron chi connectivity index (χ0n) is 8.45. The van der Waals surface area contributed by atoms with Crippen molar-refractivity contribution in [2.45, 2.75) is 13.0 Å². The highest BCUT2D eigenvalue weighted by Gasteiger charge is 2.25. The quantitative estimate of drug-likeness (QED) is 0.688. The Balaban J connectivity index is 2.24. The van der Waals surface area contributed by atoms with Gasteiger partial charge >= 0.3 is 0 Å². The lowest BCUT2D eigenvalue weighted by molar-refractivity contribution is 0.310. The molecule has 1 fully saturated rings. The Labute approximate surface area is 83.6 Å². The molecule has 0 N–H and O–H groups in total. The van der Waals surface area contributed by atoms with E-state index in [1.807, 2.05) is 25.1 Å². The summed E-state index contributed by atoms with van der Waals surface area (Å²) in [5, 5.41) is 0. The average molecular weight is 194 g/mol. The van der Waals surface area contributed by atoms with E-state index in [1.54, 1.807) is 7.11 Å². The minimum absolute atomic E-state index is 0.263. The number of hydrogen-bond donors (Lipinski definition) is 0. The van der Waals surface area contributed by atoms with Crippen molar-refractivity contribution in [2.24, 2.45) is 0 Å². The first-order valence-electron chi connectivity index (χ1n) is 4.77. The van der Waals surface area contributed by atoms with E-state index in [0.29, 0.717) is 6.61 Å². The third-order valence-corrected chi connectivity index (χ3v) is 2.19. The lowest BCUT2D eigenvalue weighted by Crippen LogP contribution is -1.96. The zero-order chi connectivity index (χ0) is 9.97. The Kier molecular flexibility index (Phi) is 2.59. The van der Waals surface area contributed by atoms with Gasteiger partial charge < -0.3 is 14.2 Å². The second-order valence-electron chi connectivity index (χ2n) is 3.17. The molecular formula is C11H14O3. The standard InChI is InChI=1S/C11H14O3/c1-3-13-9-5-4-8(11-7-14-11)6-10(9)12-2/h4-6,11H,3,7H2,1-2H3. The lowest BCUT2D eigenvalue weighted by Gasteiger charge is -2.09. The van der Waals surface area contributed by atoms with Crippen LogP contribution >= 0.6 is 0 Å². The Morgan fingerprint density at radius 2 is 2.21 bits per heavy atom. The Hall–Kier alpha value is -1.22. The third-order valence-electron chi connectivity index (χ3n) is 2.19. The summed E-state index contributed by atoms with van der Waals surface area (Å²) < 4.78 is 15.9. The maximum absolute atomic E-state index is 5.42. The third kappa shape index (κ3) is 1.82. The van der Waals surface area contributed by atoms with Crippen molar-refractivity contribution in [3.8, 4) is 11.5 Å². The number of hydrogen-bond acceptors (Lipinski definition) is 3. The Morgan fingerprint density at radius 1 is 1.43 bits per heavy atom. The van der Waals surface area contributed by atoms with Gasteiger partial charge in [0.15, 0.2) is 11.5 Å². The number of rotatable bonds is 4. The van der Waals surface area contributed by atoms with Crippen molar-refractivity contribution < 1.29 is 14.2 Å². The fourth-order valence-corrected chi connectivity index (χ4v) is 1.40. The molecule has 0 spiro atoms. The van der Waals surface area contributed by atoms with Gasteiger partial charge in [0.25, 0.3) is 0 Å². The van der Waals surface area contributed by atoms with E-state index in [0.717, 1.165) is 23.7 Å². The molecule has 14 heavy (non-hydrogen) atoms. The molecule has 1 atom stereocenters. The monoisotopic (exact) mass is 194 g/mol. The van der Waals surface area contributed by atoms with Gasteiger partial charge in [-0.15, -0.1) is 0 Å². The summed E-state index contributed by atoms with van der Waals surface area (Å²) in [6.45, 7) is 3.42. The summed E-state index contributed by atoms with van der Waals surface area (Å²) >= 11 is 0. The largest absolute Gasteiger partial charge is 0.493 e. The van der Waals surface area contributed by atoms with Gasteiger partial charge in [-0.05, 0) is 24.6 Å². The van der Waals surface area contributed by atoms with Crippen molar-refractivity contribution in [1.82, 2.24) is 0 Å². The van der Waals surface area contributed by atoms with E-state index in [1.165, 1.54) is 0 Å². The van der Waals surface area contributed by atoms with Gasteiger partial charge in [0.05, 0.1) is 20.3 Å². The highest BCUT2D eigenvalue weighted by Crippen LogP contribution is 2.36. The zero-order valence-corrected chi connectivity index (χ0v) is 8.45. The van der Waals surface area contributed by atoms with E-state index in [-0.39, 0.29) is 6.10 Å². The van der Waals surface area contributed by atoms with E-state index >= 15 is 0 Å². The Morgan fingerprint density at radius 3 is 2.79 bits per heavy atom. The van der Waals surface area contributed by atoms with E-state index in [4.69, 9.17) is 14.2 Å². The molecule has 0 aromatic heterocycles. The Bertz CT molecular complexity index is 318. The fraction of sp³-hybridized carbons (Fsp3) is 0.455. The SMILES string of the molecule is CCOc1ccc(C2CO2)cc1OC. The molecule has 1 unspecified atom stereocenters. The normalized spacial score (nSPS) is 19.1. The molecule has 0 saturated carbocycles. The van der Waals surface area contributed by atoms with Crippen LogP contribution in [0.3, 0.4) is 0 Å². The van der Waals surface area contributed by atoms with Crippen molar-refractivity contribution in [1.29, 1.82) is 0 Å². The van der Waals surface area contributed by atoms with Crippen LogP contribution in [0.25, 0.3) is 0 Å². The van der Waals surface area contributed by atoms with Gasteiger partial charge in [-0.25, -0.2) is 0 Å². The molecule has 0 radical (unpaired) electrons. The molecule has 1 aromatic carbocycles. The smallest absolute Gasteiger partial charge is 0.161 e. The average Bonchev–Trinajstić information content (AvgIpc) is 3.02. The summed E-state index contributed by atoms with van der Waals surface area (Å²) in [6, 6.07) is 5.92. The minimum atomic E-state index is 0.263. The van der Waals surface area contributed by atoms with Crippen LogP contribution in [-0.4, -0.2) is 20.3 Å². The van der Waals surface area contributed by atoms with Crippen molar-refractivity contribution >= 4 is 0 Å². The molecule has 1 aromatic rings. The van der Waals surface area contributed by atoms with Gasteiger partial charge in [-0.3, -0.25) is 0 Å². The first kappa shape index (κ1) is 9.34. The van der Waals surface area contributed by atoms with Crippen molar-refractivity contribution in [2.75, 3.05) is 20.3 Å². The van der Waals surface area contributed by atoms with Gasteiger partial charge in [0.1, 0.15) is 6.10 Å². The number of methoxy groups -OCH3 is 1. The molecular weight excluding hydrogens is 180 g/mol. The minimum Gasteiger partial charge on any atom is -0.493 e. The van der Waals surface area contributed by atoms with E-state index in [2.05, 4.69) is 0 Å². The first-order valence-corrected chi connectivity index (χ1v) is 4.77. The summed E-state index contributed by atoms with van der Waals surface area (Å²) in [7, 11) is 1.65. The van der Waals surface area contributed by atoms with Gasteiger partial charge in [-0.2, -0.15) is 0 Å². The molecule has 0 amide bonds. The van der Waals surface area contributed by atoms with E-state index < -0.39 is 0 Å². The second-order valence-corrected chi connectivity index (χ2v) is 3.17. The molecule has 2 rings (SSSR count). The molecule has 1 saturated heterocycles. The van der Waals surface area contributed by atoms with Crippen LogP contribution in [0.4, 0.5) is 0 Å². The number of benzene rings is 1. The molecule has 0 bridgehead atoms. The highest BCUT2D eigenvalue weighted by molar-refractivity contribution is 5.44. The van der Waals surface area contributed by atoms with Crippen LogP contribution in [0.5, 0.6) is 11.5 Å². The molecule has 1 aliphatic rings. The van der Waals surface area contributed by atoms with Crippen LogP contribution in [-0.2, 0) is 4.74 Å². The van der Waals surface area contributed by atoms with Gasteiger partial charge in [0.2, 0.25) is 0 Å². The molecule has 0 aliphatic carbocycles. The van der Waals surface area contributed by atoms with Crippen LogP contribution in [0, 0.1) is 0 Å². The van der Waals surface area contributed by atoms with E-state index in [9.17, 15) is 0 Å². The topological polar surface area (TPSA) is 31.0 Å². The molecule has 1 aliphatic heterocycles. The summed E-state index contributed by atoms with van der Waals surface area (Å²) in [6.07, 6.45) is 0.263. The molecule has 3 nitrogen and oxygen atoms in total. The van der Waals surface area contributed by atoms with Crippen LogP contribution in [0.2, 0.25) is 0 Å². The second kappa shape index (κ2) is 3.88. The van der Waals surface area contributed by atoms with Crippen LogP contribution < -0.4 is 9.47 Å². The number of epoxide rings is 1. The molecule has 1 heterocycles. The lowest BCUT2D eigenvalue weighted by atomic mass is 10.1. The summed E-state index contributed by atoms with van der Waals surface area (Å²) in [4.78, 5) is 0.